The van der Waals surface area contributed by atoms with Crippen molar-refractivity contribution in [2.75, 3.05) is 6.54 Å². The monoisotopic (exact) mass is 290 g/mol. The molecule has 1 rings (SSSR count). The molecule has 0 spiro atoms. The molecular formula is C10H15BrN2O3. The Hall–Kier alpha value is -1.04. The Labute approximate surface area is 103 Å². The van der Waals surface area contributed by atoms with Crippen molar-refractivity contribution in [3.8, 4) is 0 Å². The van der Waals surface area contributed by atoms with Crippen LogP contribution in [0.1, 0.15) is 26.5 Å². The molecule has 1 aromatic heterocycles. The predicted molar refractivity (Wildman–Crippen MR) is 62.1 cm³/mol. The van der Waals surface area contributed by atoms with Gasteiger partial charge in [0.1, 0.15) is 16.0 Å². The molecule has 0 radical (unpaired) electrons. The molecule has 90 valence electrons. The summed E-state index contributed by atoms with van der Waals surface area (Å²) in [7, 11) is 0. The zero-order valence-electron chi connectivity index (χ0n) is 9.54. The normalized spacial score (nSPS) is 11.2. The average molecular weight is 291 g/mol. The average Bonchev–Trinajstić information content (AvgIpc) is 2.48. The van der Waals surface area contributed by atoms with Gasteiger partial charge in [0.05, 0.1) is 0 Å². The molecule has 1 heterocycles. The number of halogens is 1. The summed E-state index contributed by atoms with van der Waals surface area (Å²) in [5.41, 5.74) is -0.473. The number of nitrogens with one attached hydrogen (secondary N) is 1. The lowest BCUT2D eigenvalue weighted by atomic mass is 10.2. The summed E-state index contributed by atoms with van der Waals surface area (Å²) in [5, 5.41) is 6.30. The number of hydrogen-bond acceptors (Lipinski definition) is 4. The molecule has 1 amide bonds. The van der Waals surface area contributed by atoms with Crippen LogP contribution < -0.4 is 5.32 Å². The molecule has 0 saturated heterocycles. The maximum Gasteiger partial charge on any atom is 0.407 e. The van der Waals surface area contributed by atoms with Gasteiger partial charge in [-0.2, -0.15) is 0 Å². The highest BCUT2D eigenvalue weighted by Gasteiger charge is 2.15. The van der Waals surface area contributed by atoms with Crippen molar-refractivity contribution in [1.82, 2.24) is 10.5 Å². The first-order valence-electron chi connectivity index (χ1n) is 4.95. The van der Waals surface area contributed by atoms with Crippen LogP contribution in [-0.4, -0.2) is 23.4 Å². The first-order valence-corrected chi connectivity index (χ1v) is 5.74. The molecule has 0 aliphatic carbocycles. The number of rotatable bonds is 3. The van der Waals surface area contributed by atoms with Crippen molar-refractivity contribution in [1.29, 1.82) is 0 Å². The fraction of sp³-hybridized carbons (Fsp3) is 0.600. The number of carbonyl (C=O) groups is 1. The van der Waals surface area contributed by atoms with Gasteiger partial charge in [-0.1, -0.05) is 5.16 Å². The lowest BCUT2D eigenvalue weighted by Crippen LogP contribution is -2.33. The molecule has 0 unspecified atom stereocenters. The van der Waals surface area contributed by atoms with E-state index < -0.39 is 11.7 Å². The van der Waals surface area contributed by atoms with Crippen LogP contribution in [0.5, 0.6) is 0 Å². The number of nitrogens with zero attached hydrogens (tertiary/aromatic N) is 1. The minimum Gasteiger partial charge on any atom is -0.444 e. The quantitative estimate of drug-likeness (QED) is 0.929. The van der Waals surface area contributed by atoms with Crippen LogP contribution >= 0.6 is 15.9 Å². The van der Waals surface area contributed by atoms with Crippen molar-refractivity contribution >= 4 is 22.0 Å². The van der Waals surface area contributed by atoms with Crippen molar-refractivity contribution in [3.05, 3.63) is 16.4 Å². The zero-order valence-corrected chi connectivity index (χ0v) is 11.1. The Morgan fingerprint density at radius 2 is 2.31 bits per heavy atom. The Kier molecular flexibility index (Phi) is 4.35. The Morgan fingerprint density at radius 3 is 2.81 bits per heavy atom. The van der Waals surface area contributed by atoms with Gasteiger partial charge in [0.2, 0.25) is 0 Å². The Morgan fingerprint density at radius 1 is 1.62 bits per heavy atom. The van der Waals surface area contributed by atoms with Crippen molar-refractivity contribution in [2.45, 2.75) is 32.8 Å². The van der Waals surface area contributed by atoms with Gasteiger partial charge in [-0.15, -0.1) is 0 Å². The van der Waals surface area contributed by atoms with Gasteiger partial charge in [0.25, 0.3) is 0 Å². The van der Waals surface area contributed by atoms with Crippen LogP contribution in [0.25, 0.3) is 0 Å². The fourth-order valence-corrected chi connectivity index (χ4v) is 1.34. The molecule has 1 N–H and O–H groups in total. The third-order valence-electron chi connectivity index (χ3n) is 1.57. The standard InChI is InChI=1S/C10H15BrN2O3/c1-10(2,3)15-9(14)12-5-4-7-6-8(11)13-16-7/h6H,4-5H2,1-3H3,(H,12,14). The molecular weight excluding hydrogens is 276 g/mol. The molecule has 0 aliphatic rings. The number of ether oxygens (including phenoxy) is 1. The van der Waals surface area contributed by atoms with Gasteiger partial charge >= 0.3 is 6.09 Å². The van der Waals surface area contributed by atoms with Gasteiger partial charge in [0, 0.05) is 19.0 Å². The highest BCUT2D eigenvalue weighted by molar-refractivity contribution is 9.10. The van der Waals surface area contributed by atoms with Crippen LogP contribution in [0, 0.1) is 0 Å². The number of aromatic nitrogens is 1. The van der Waals surface area contributed by atoms with E-state index in [1.54, 1.807) is 6.07 Å². The largest absolute Gasteiger partial charge is 0.444 e. The summed E-state index contributed by atoms with van der Waals surface area (Å²) in [5.74, 6) is 0.711. The lowest BCUT2D eigenvalue weighted by molar-refractivity contribution is 0.0528. The lowest BCUT2D eigenvalue weighted by Gasteiger charge is -2.19. The first kappa shape index (κ1) is 13.0. The molecule has 1 aromatic rings. The molecule has 6 heteroatoms. The summed E-state index contributed by atoms with van der Waals surface area (Å²) < 4.78 is 10.7. The van der Waals surface area contributed by atoms with Crippen LogP contribution in [-0.2, 0) is 11.2 Å². The molecule has 0 bridgehead atoms. The summed E-state index contributed by atoms with van der Waals surface area (Å²) in [6.07, 6.45) is 0.156. The maximum absolute atomic E-state index is 11.3. The van der Waals surface area contributed by atoms with Gasteiger partial charge in [-0.05, 0) is 36.7 Å². The van der Waals surface area contributed by atoms with Gasteiger partial charge in [-0.25, -0.2) is 4.79 Å². The fourth-order valence-electron chi connectivity index (χ4n) is 1.01. The first-order chi connectivity index (χ1) is 7.37. The van der Waals surface area contributed by atoms with Crippen LogP contribution in [0.3, 0.4) is 0 Å². The van der Waals surface area contributed by atoms with E-state index in [1.165, 1.54) is 0 Å². The third-order valence-corrected chi connectivity index (χ3v) is 1.94. The van der Waals surface area contributed by atoms with E-state index in [-0.39, 0.29) is 0 Å². The summed E-state index contributed by atoms with van der Waals surface area (Å²) in [6.45, 7) is 5.91. The van der Waals surface area contributed by atoms with Crippen LogP contribution in [0.15, 0.2) is 15.2 Å². The van der Waals surface area contributed by atoms with Gasteiger partial charge < -0.3 is 14.6 Å². The highest BCUT2D eigenvalue weighted by Crippen LogP contribution is 2.10. The minimum atomic E-state index is -0.473. The van der Waals surface area contributed by atoms with Gasteiger partial charge in [-0.3, -0.25) is 0 Å². The zero-order chi connectivity index (χ0) is 12.2. The Bertz CT molecular complexity index is 357. The summed E-state index contributed by atoms with van der Waals surface area (Å²) in [6, 6.07) is 1.76. The molecule has 0 saturated carbocycles. The highest BCUT2D eigenvalue weighted by atomic mass is 79.9. The number of hydrogen-bond donors (Lipinski definition) is 1. The number of alkyl carbamates (subject to hydrolysis) is 1. The van der Waals surface area contributed by atoms with E-state index in [4.69, 9.17) is 9.26 Å². The Balaban J connectivity index is 2.23. The second kappa shape index (κ2) is 5.34. The summed E-state index contributed by atoms with van der Waals surface area (Å²) in [4.78, 5) is 11.3. The smallest absolute Gasteiger partial charge is 0.407 e. The molecule has 0 fully saturated rings. The number of amides is 1. The minimum absolute atomic E-state index is 0.425. The molecule has 0 aliphatic heterocycles. The van der Waals surface area contributed by atoms with E-state index in [2.05, 4.69) is 26.4 Å². The topological polar surface area (TPSA) is 64.4 Å². The van der Waals surface area contributed by atoms with Crippen molar-refractivity contribution in [3.63, 3.8) is 0 Å². The van der Waals surface area contributed by atoms with E-state index in [0.29, 0.717) is 23.3 Å². The molecule has 0 aromatic carbocycles. The van der Waals surface area contributed by atoms with E-state index in [1.807, 2.05) is 20.8 Å². The predicted octanol–water partition coefficient (Wildman–Crippen LogP) is 2.50. The second-order valence-electron chi connectivity index (χ2n) is 4.29. The molecule has 16 heavy (non-hydrogen) atoms. The molecule has 5 nitrogen and oxygen atoms in total. The van der Waals surface area contributed by atoms with Crippen LogP contribution in [0.4, 0.5) is 4.79 Å². The number of carbonyl (C=O) groups excluding carboxylic acids is 1. The maximum atomic E-state index is 11.3. The van der Waals surface area contributed by atoms with E-state index in [9.17, 15) is 4.79 Å². The summed E-state index contributed by atoms with van der Waals surface area (Å²) >= 11 is 3.18. The van der Waals surface area contributed by atoms with Crippen molar-refractivity contribution in [2.24, 2.45) is 0 Å². The van der Waals surface area contributed by atoms with E-state index in [0.717, 1.165) is 0 Å². The third kappa shape index (κ3) is 5.16. The second-order valence-corrected chi connectivity index (χ2v) is 5.11. The van der Waals surface area contributed by atoms with Crippen LogP contribution in [0.2, 0.25) is 0 Å². The van der Waals surface area contributed by atoms with E-state index >= 15 is 0 Å². The van der Waals surface area contributed by atoms with Gasteiger partial charge in [0.15, 0.2) is 0 Å². The van der Waals surface area contributed by atoms with Crippen molar-refractivity contribution < 1.29 is 14.1 Å². The molecule has 0 atom stereocenters. The SMILES string of the molecule is CC(C)(C)OC(=O)NCCc1cc(Br)no1.